The van der Waals surface area contributed by atoms with Gasteiger partial charge in [0.2, 0.25) is 0 Å². The van der Waals surface area contributed by atoms with E-state index in [1.807, 2.05) is 20.0 Å². The molecule has 0 amide bonds. The van der Waals surface area contributed by atoms with Crippen LogP contribution in [0.1, 0.15) is 22.9 Å². The first-order valence-electron chi connectivity index (χ1n) is 5.29. The molecule has 1 N–H and O–H groups in total. The van der Waals surface area contributed by atoms with Crippen molar-refractivity contribution in [3.63, 3.8) is 0 Å². The molecule has 1 heterocycles. The van der Waals surface area contributed by atoms with Gasteiger partial charge in [0.15, 0.2) is 0 Å². The molecule has 2 rings (SSSR count). The molecular formula is C13H13BrFNO. The van der Waals surface area contributed by atoms with Crippen molar-refractivity contribution < 1.29 is 8.81 Å². The zero-order valence-corrected chi connectivity index (χ0v) is 11.2. The van der Waals surface area contributed by atoms with Crippen molar-refractivity contribution in [2.75, 3.05) is 7.05 Å². The van der Waals surface area contributed by atoms with E-state index in [2.05, 4.69) is 21.2 Å². The average Bonchev–Trinajstić information content (AvgIpc) is 2.69. The van der Waals surface area contributed by atoms with E-state index in [1.54, 1.807) is 12.3 Å². The SMILES string of the molecule is CNC(c1ccc(F)cc1C)c1occc1Br. The van der Waals surface area contributed by atoms with Crippen LogP contribution in [0, 0.1) is 12.7 Å². The minimum atomic E-state index is -0.223. The van der Waals surface area contributed by atoms with Gasteiger partial charge in [-0.25, -0.2) is 4.39 Å². The van der Waals surface area contributed by atoms with Crippen molar-refractivity contribution in [3.05, 3.63) is 57.7 Å². The summed E-state index contributed by atoms with van der Waals surface area (Å²) in [5.41, 5.74) is 1.90. The van der Waals surface area contributed by atoms with Crippen LogP contribution < -0.4 is 5.32 Å². The first kappa shape index (κ1) is 12.3. The fourth-order valence-corrected chi connectivity index (χ4v) is 2.33. The molecule has 17 heavy (non-hydrogen) atoms. The summed E-state index contributed by atoms with van der Waals surface area (Å²) in [5.74, 6) is 0.571. The van der Waals surface area contributed by atoms with E-state index >= 15 is 0 Å². The van der Waals surface area contributed by atoms with Gasteiger partial charge >= 0.3 is 0 Å². The van der Waals surface area contributed by atoms with Gasteiger partial charge in [0.05, 0.1) is 16.8 Å². The second kappa shape index (κ2) is 5.02. The lowest BCUT2D eigenvalue weighted by Gasteiger charge is -2.17. The number of hydrogen-bond donors (Lipinski definition) is 1. The van der Waals surface area contributed by atoms with Gasteiger partial charge in [0.25, 0.3) is 0 Å². The minimum absolute atomic E-state index is 0.0834. The zero-order chi connectivity index (χ0) is 12.4. The molecular weight excluding hydrogens is 285 g/mol. The molecule has 0 saturated heterocycles. The quantitative estimate of drug-likeness (QED) is 0.932. The number of nitrogens with one attached hydrogen (secondary N) is 1. The van der Waals surface area contributed by atoms with Crippen LogP contribution >= 0.6 is 15.9 Å². The highest BCUT2D eigenvalue weighted by Gasteiger charge is 2.20. The van der Waals surface area contributed by atoms with Crippen molar-refractivity contribution in [1.29, 1.82) is 0 Å². The van der Waals surface area contributed by atoms with Crippen LogP contribution in [-0.4, -0.2) is 7.05 Å². The molecule has 2 aromatic rings. The lowest BCUT2D eigenvalue weighted by atomic mass is 9.99. The molecule has 0 aliphatic rings. The fraction of sp³-hybridized carbons (Fsp3) is 0.231. The Bertz CT molecular complexity index is 524. The number of rotatable bonds is 3. The van der Waals surface area contributed by atoms with Gasteiger partial charge in [-0.15, -0.1) is 0 Å². The smallest absolute Gasteiger partial charge is 0.139 e. The number of aryl methyl sites for hydroxylation is 1. The van der Waals surface area contributed by atoms with Crippen LogP contribution in [0.5, 0.6) is 0 Å². The van der Waals surface area contributed by atoms with Gasteiger partial charge < -0.3 is 9.73 Å². The van der Waals surface area contributed by atoms with Crippen LogP contribution in [-0.2, 0) is 0 Å². The predicted octanol–water partition coefficient (Wildman–Crippen LogP) is 3.80. The third kappa shape index (κ3) is 2.42. The third-order valence-corrected chi connectivity index (χ3v) is 3.39. The molecule has 4 heteroatoms. The third-order valence-electron chi connectivity index (χ3n) is 2.74. The van der Waals surface area contributed by atoms with Crippen molar-refractivity contribution in [3.8, 4) is 0 Å². The topological polar surface area (TPSA) is 25.2 Å². The largest absolute Gasteiger partial charge is 0.466 e. The Balaban J connectivity index is 2.46. The van der Waals surface area contributed by atoms with E-state index < -0.39 is 0 Å². The maximum atomic E-state index is 13.1. The monoisotopic (exact) mass is 297 g/mol. The summed E-state index contributed by atoms with van der Waals surface area (Å²) in [6.45, 7) is 1.89. The Morgan fingerprint density at radius 1 is 1.35 bits per heavy atom. The van der Waals surface area contributed by atoms with Crippen LogP contribution in [0.2, 0.25) is 0 Å². The lowest BCUT2D eigenvalue weighted by molar-refractivity contribution is 0.459. The number of furan rings is 1. The van der Waals surface area contributed by atoms with E-state index in [-0.39, 0.29) is 11.9 Å². The van der Waals surface area contributed by atoms with Gasteiger partial charge in [-0.3, -0.25) is 0 Å². The normalized spacial score (nSPS) is 12.7. The highest BCUT2D eigenvalue weighted by molar-refractivity contribution is 9.10. The maximum absolute atomic E-state index is 13.1. The fourth-order valence-electron chi connectivity index (χ4n) is 1.90. The highest BCUT2D eigenvalue weighted by Crippen LogP contribution is 2.31. The predicted molar refractivity (Wildman–Crippen MR) is 68.4 cm³/mol. The van der Waals surface area contributed by atoms with Crippen molar-refractivity contribution in [1.82, 2.24) is 5.32 Å². The maximum Gasteiger partial charge on any atom is 0.139 e. The number of benzene rings is 1. The highest BCUT2D eigenvalue weighted by atomic mass is 79.9. The molecule has 90 valence electrons. The van der Waals surface area contributed by atoms with Gasteiger partial charge in [-0.05, 0) is 59.2 Å². The molecule has 1 unspecified atom stereocenters. The Hall–Kier alpha value is -1.13. The molecule has 0 spiro atoms. The van der Waals surface area contributed by atoms with E-state index in [0.29, 0.717) is 0 Å². The molecule has 0 bridgehead atoms. The Morgan fingerprint density at radius 3 is 2.65 bits per heavy atom. The van der Waals surface area contributed by atoms with E-state index in [1.165, 1.54) is 12.1 Å². The Kier molecular flexibility index (Phi) is 3.64. The zero-order valence-electron chi connectivity index (χ0n) is 9.63. The molecule has 0 fully saturated rings. The number of halogens is 2. The van der Waals surface area contributed by atoms with Crippen molar-refractivity contribution in [2.24, 2.45) is 0 Å². The summed E-state index contributed by atoms with van der Waals surface area (Å²) in [6, 6.07) is 6.53. The molecule has 0 aliphatic heterocycles. The standard InChI is InChI=1S/C13H13BrFNO/c1-8-7-9(15)3-4-10(8)12(16-2)13-11(14)5-6-17-13/h3-7,12,16H,1-2H3. The molecule has 1 aromatic heterocycles. The van der Waals surface area contributed by atoms with Gasteiger partial charge in [-0.2, -0.15) is 0 Å². The summed E-state index contributed by atoms with van der Waals surface area (Å²) < 4.78 is 19.4. The molecule has 2 nitrogen and oxygen atoms in total. The summed E-state index contributed by atoms with van der Waals surface area (Å²) in [5, 5.41) is 3.18. The van der Waals surface area contributed by atoms with Gasteiger partial charge in [0.1, 0.15) is 11.6 Å². The van der Waals surface area contributed by atoms with Crippen molar-refractivity contribution >= 4 is 15.9 Å². The van der Waals surface area contributed by atoms with Crippen molar-refractivity contribution in [2.45, 2.75) is 13.0 Å². The van der Waals surface area contributed by atoms with E-state index in [0.717, 1.165) is 21.4 Å². The number of hydrogen-bond acceptors (Lipinski definition) is 2. The van der Waals surface area contributed by atoms with Crippen LogP contribution in [0.4, 0.5) is 4.39 Å². The van der Waals surface area contributed by atoms with E-state index in [9.17, 15) is 4.39 Å². The second-order valence-electron chi connectivity index (χ2n) is 3.86. The minimum Gasteiger partial charge on any atom is -0.466 e. The molecule has 0 saturated carbocycles. The molecule has 1 aromatic carbocycles. The summed E-state index contributed by atoms with van der Waals surface area (Å²) >= 11 is 3.44. The molecule has 1 atom stereocenters. The Labute approximate surface area is 108 Å². The molecule has 0 aliphatic carbocycles. The van der Waals surface area contributed by atoms with Gasteiger partial charge in [-0.1, -0.05) is 6.07 Å². The van der Waals surface area contributed by atoms with Crippen LogP contribution in [0.3, 0.4) is 0 Å². The summed E-state index contributed by atoms with van der Waals surface area (Å²) in [7, 11) is 1.85. The van der Waals surface area contributed by atoms with Crippen LogP contribution in [0.15, 0.2) is 39.4 Å². The summed E-state index contributed by atoms with van der Waals surface area (Å²) in [6.07, 6.45) is 1.63. The Morgan fingerprint density at radius 2 is 2.12 bits per heavy atom. The second-order valence-corrected chi connectivity index (χ2v) is 4.71. The summed E-state index contributed by atoms with van der Waals surface area (Å²) in [4.78, 5) is 0. The molecule has 0 radical (unpaired) electrons. The average molecular weight is 298 g/mol. The first-order chi connectivity index (χ1) is 8.13. The lowest BCUT2D eigenvalue weighted by Crippen LogP contribution is -2.18. The first-order valence-corrected chi connectivity index (χ1v) is 6.09. The van der Waals surface area contributed by atoms with Gasteiger partial charge in [0, 0.05) is 0 Å². The van der Waals surface area contributed by atoms with E-state index in [4.69, 9.17) is 4.42 Å². The van der Waals surface area contributed by atoms with Crippen LogP contribution in [0.25, 0.3) is 0 Å².